The Morgan fingerprint density at radius 1 is 1.25 bits per heavy atom. The summed E-state index contributed by atoms with van der Waals surface area (Å²) in [4.78, 5) is 11.8. The molecule has 2 N–H and O–H groups in total. The van der Waals surface area contributed by atoms with Gasteiger partial charge in [-0.05, 0) is 23.8 Å². The Morgan fingerprint density at radius 3 is 2.62 bits per heavy atom. The van der Waals surface area contributed by atoms with E-state index in [0.29, 0.717) is 16.9 Å². The number of hydrogen-bond acceptors (Lipinski definition) is 3. The molecule has 5 heteroatoms. The van der Waals surface area contributed by atoms with Crippen molar-refractivity contribution in [3.63, 3.8) is 0 Å². The summed E-state index contributed by atoms with van der Waals surface area (Å²) in [6, 6.07) is 13.3. The van der Waals surface area contributed by atoms with Gasteiger partial charge in [0.1, 0.15) is 11.6 Å². The normalized spacial score (nSPS) is 12.1. The fourth-order valence-corrected chi connectivity index (χ4v) is 2.13. The van der Waals surface area contributed by atoms with Gasteiger partial charge in [0.05, 0.1) is 13.2 Å². The first-order valence-electron chi connectivity index (χ1n) is 7.60. The van der Waals surface area contributed by atoms with Gasteiger partial charge in [0.2, 0.25) is 5.91 Å². The molecule has 1 amide bonds. The van der Waals surface area contributed by atoms with Crippen molar-refractivity contribution in [2.24, 2.45) is 0 Å². The van der Waals surface area contributed by atoms with E-state index in [0.717, 1.165) is 0 Å². The van der Waals surface area contributed by atoms with Crippen molar-refractivity contribution in [3.8, 4) is 5.75 Å². The van der Waals surface area contributed by atoms with Gasteiger partial charge in [-0.25, -0.2) is 4.39 Å². The van der Waals surface area contributed by atoms with Crippen LogP contribution in [-0.4, -0.2) is 24.7 Å². The molecule has 0 saturated heterocycles. The lowest BCUT2D eigenvalue weighted by Crippen LogP contribution is -2.27. The van der Waals surface area contributed by atoms with E-state index in [1.54, 1.807) is 61.7 Å². The smallest absolute Gasteiger partial charge is 0.223 e. The van der Waals surface area contributed by atoms with Crippen molar-refractivity contribution in [3.05, 3.63) is 71.6 Å². The number of ether oxygens (including phenoxy) is 1. The number of hydrogen-bond donors (Lipinski definition) is 2. The Hall–Kier alpha value is -2.66. The van der Waals surface area contributed by atoms with Gasteiger partial charge < -0.3 is 15.2 Å². The molecule has 0 fully saturated rings. The van der Waals surface area contributed by atoms with E-state index >= 15 is 0 Å². The highest BCUT2D eigenvalue weighted by atomic mass is 19.1. The number of halogens is 1. The van der Waals surface area contributed by atoms with E-state index in [2.05, 4.69) is 5.32 Å². The lowest BCUT2D eigenvalue weighted by molar-refractivity contribution is -0.120. The van der Waals surface area contributed by atoms with E-state index in [4.69, 9.17) is 4.74 Å². The fraction of sp³-hybridized carbons (Fsp3) is 0.211. The minimum absolute atomic E-state index is 0.110. The molecule has 4 nitrogen and oxygen atoms in total. The van der Waals surface area contributed by atoms with Crippen LogP contribution in [0.3, 0.4) is 0 Å². The van der Waals surface area contributed by atoms with Gasteiger partial charge in [0, 0.05) is 18.5 Å². The fourth-order valence-electron chi connectivity index (χ4n) is 2.13. The summed E-state index contributed by atoms with van der Waals surface area (Å²) in [5.74, 6) is 0.132. The van der Waals surface area contributed by atoms with Crippen LogP contribution in [0, 0.1) is 5.82 Å². The molecular formula is C19H20FNO3. The Morgan fingerprint density at radius 2 is 1.96 bits per heavy atom. The molecule has 126 valence electrons. The minimum atomic E-state index is -0.796. The van der Waals surface area contributed by atoms with E-state index in [1.807, 2.05) is 0 Å². The molecule has 1 unspecified atom stereocenters. The van der Waals surface area contributed by atoms with Crippen molar-refractivity contribution >= 4 is 12.0 Å². The highest BCUT2D eigenvalue weighted by molar-refractivity contribution is 5.78. The highest BCUT2D eigenvalue weighted by Crippen LogP contribution is 2.17. The van der Waals surface area contributed by atoms with Crippen molar-refractivity contribution in [2.45, 2.75) is 12.5 Å². The first-order chi connectivity index (χ1) is 11.6. The topological polar surface area (TPSA) is 58.6 Å². The number of benzene rings is 2. The van der Waals surface area contributed by atoms with Gasteiger partial charge in [-0.3, -0.25) is 4.79 Å². The Labute approximate surface area is 140 Å². The average Bonchev–Trinajstić information content (AvgIpc) is 2.61. The molecule has 2 aromatic rings. The summed E-state index contributed by atoms with van der Waals surface area (Å²) in [7, 11) is 1.57. The molecule has 0 aromatic heterocycles. The number of carbonyl (C=O) groups is 1. The molecule has 1 atom stereocenters. The first kappa shape index (κ1) is 17.7. The number of aliphatic hydroxyl groups excluding tert-OH is 1. The van der Waals surface area contributed by atoms with Gasteiger partial charge in [-0.2, -0.15) is 0 Å². The maximum absolute atomic E-state index is 13.4. The van der Waals surface area contributed by atoms with Crippen molar-refractivity contribution in [2.75, 3.05) is 13.7 Å². The van der Waals surface area contributed by atoms with Crippen molar-refractivity contribution in [1.29, 1.82) is 0 Å². The molecule has 24 heavy (non-hydrogen) atoms. The van der Waals surface area contributed by atoms with Crippen LogP contribution in [0.1, 0.15) is 23.7 Å². The number of carbonyl (C=O) groups excluding carboxylic acids is 1. The zero-order valence-corrected chi connectivity index (χ0v) is 13.4. The second kappa shape index (κ2) is 8.84. The lowest BCUT2D eigenvalue weighted by atomic mass is 10.1. The Bertz CT molecular complexity index is 698. The molecule has 0 spiro atoms. The zero-order chi connectivity index (χ0) is 17.4. The van der Waals surface area contributed by atoms with Gasteiger partial charge >= 0.3 is 0 Å². The number of methoxy groups -OCH3 is 1. The number of aliphatic hydroxyl groups is 1. The van der Waals surface area contributed by atoms with Crippen LogP contribution >= 0.6 is 0 Å². The van der Waals surface area contributed by atoms with Gasteiger partial charge in [0.25, 0.3) is 0 Å². The number of rotatable bonds is 7. The van der Waals surface area contributed by atoms with Crippen LogP contribution in [0.4, 0.5) is 4.39 Å². The van der Waals surface area contributed by atoms with Gasteiger partial charge in [-0.1, -0.05) is 42.5 Å². The second-order valence-corrected chi connectivity index (χ2v) is 5.22. The maximum Gasteiger partial charge on any atom is 0.223 e. The molecule has 0 saturated carbocycles. The van der Waals surface area contributed by atoms with E-state index in [9.17, 15) is 14.3 Å². The summed E-state index contributed by atoms with van der Waals surface area (Å²) < 4.78 is 18.5. The van der Waals surface area contributed by atoms with Crippen LogP contribution in [0.15, 0.2) is 54.6 Å². The molecule has 0 bridgehead atoms. The molecule has 0 radical (unpaired) electrons. The molecule has 0 aliphatic carbocycles. The summed E-state index contributed by atoms with van der Waals surface area (Å²) in [5.41, 5.74) is 1.13. The number of nitrogens with one attached hydrogen (secondary N) is 1. The van der Waals surface area contributed by atoms with E-state index in [-0.39, 0.29) is 24.7 Å². The summed E-state index contributed by atoms with van der Waals surface area (Å²) in [6.45, 7) is 0.110. The summed E-state index contributed by atoms with van der Waals surface area (Å²) in [6.07, 6.45) is 2.47. The van der Waals surface area contributed by atoms with Crippen molar-refractivity contribution in [1.82, 2.24) is 5.32 Å². The van der Waals surface area contributed by atoms with Gasteiger partial charge in [0.15, 0.2) is 0 Å². The van der Waals surface area contributed by atoms with Gasteiger partial charge in [-0.15, -0.1) is 0 Å². The number of amides is 1. The molecule has 2 rings (SSSR count). The predicted octanol–water partition coefficient (Wildman–Crippen LogP) is 3.09. The van der Waals surface area contributed by atoms with Crippen LogP contribution in [-0.2, 0) is 4.79 Å². The molecule has 0 heterocycles. The molecular weight excluding hydrogens is 309 g/mol. The second-order valence-electron chi connectivity index (χ2n) is 5.22. The Kier molecular flexibility index (Phi) is 6.51. The van der Waals surface area contributed by atoms with E-state index < -0.39 is 6.10 Å². The summed E-state index contributed by atoms with van der Waals surface area (Å²) in [5, 5.41) is 12.7. The van der Waals surface area contributed by atoms with Crippen LogP contribution in [0.5, 0.6) is 5.75 Å². The van der Waals surface area contributed by atoms with Crippen LogP contribution in [0.25, 0.3) is 6.08 Å². The maximum atomic E-state index is 13.4. The molecule has 2 aromatic carbocycles. The average molecular weight is 329 g/mol. The Balaban J connectivity index is 1.79. The predicted molar refractivity (Wildman–Crippen MR) is 91.0 cm³/mol. The third-order valence-corrected chi connectivity index (χ3v) is 3.50. The largest absolute Gasteiger partial charge is 0.497 e. The van der Waals surface area contributed by atoms with Crippen LogP contribution in [0.2, 0.25) is 0 Å². The van der Waals surface area contributed by atoms with E-state index in [1.165, 1.54) is 6.07 Å². The summed E-state index contributed by atoms with van der Waals surface area (Å²) >= 11 is 0. The first-order valence-corrected chi connectivity index (χ1v) is 7.60. The minimum Gasteiger partial charge on any atom is -0.497 e. The monoisotopic (exact) mass is 329 g/mol. The third kappa shape index (κ3) is 5.21. The molecule has 0 aliphatic rings. The standard InChI is InChI=1S/C19H20FNO3/c1-24-16-11-9-15(10-12-16)18(22)13-21-19(23)8-4-6-14-5-2-3-7-17(14)20/h2-7,9-12,18,22H,8,13H2,1H3,(H,21,23)/b6-4+. The van der Waals surface area contributed by atoms with Crippen LogP contribution < -0.4 is 10.1 Å². The quantitative estimate of drug-likeness (QED) is 0.821. The SMILES string of the molecule is COc1ccc(C(O)CNC(=O)C/C=C/c2ccccc2F)cc1. The highest BCUT2D eigenvalue weighted by Gasteiger charge is 2.09. The lowest BCUT2D eigenvalue weighted by Gasteiger charge is -2.12. The third-order valence-electron chi connectivity index (χ3n) is 3.50. The molecule has 0 aliphatic heterocycles. The zero-order valence-electron chi connectivity index (χ0n) is 13.4. The van der Waals surface area contributed by atoms with Crippen molar-refractivity contribution < 1.29 is 19.0 Å².